The maximum atomic E-state index is 13.1. The molecule has 0 fully saturated rings. The maximum absolute atomic E-state index is 13.1. The van der Waals surface area contributed by atoms with Gasteiger partial charge in [0.1, 0.15) is 5.82 Å². The lowest BCUT2D eigenvalue weighted by Crippen LogP contribution is -2.05. The van der Waals surface area contributed by atoms with Crippen LogP contribution in [-0.2, 0) is 0 Å². The zero-order valence-corrected chi connectivity index (χ0v) is 7.61. The van der Waals surface area contributed by atoms with Crippen molar-refractivity contribution in [2.75, 3.05) is 18.5 Å². The molecule has 0 saturated carbocycles. The minimum atomic E-state index is -0.375. The zero-order valence-electron chi connectivity index (χ0n) is 7.61. The van der Waals surface area contributed by atoms with Crippen LogP contribution in [0.25, 0.3) is 0 Å². The van der Waals surface area contributed by atoms with Crippen molar-refractivity contribution in [2.24, 2.45) is 0 Å². The van der Waals surface area contributed by atoms with Gasteiger partial charge in [-0.3, -0.25) is 4.39 Å². The number of halogens is 2. The first-order valence-electron chi connectivity index (χ1n) is 4.30. The lowest BCUT2D eigenvalue weighted by molar-refractivity contribution is 0.480. The number of nitrogens with one attached hydrogen (secondary N) is 1. The van der Waals surface area contributed by atoms with Gasteiger partial charge in [0.15, 0.2) is 0 Å². The third-order valence-electron chi connectivity index (χ3n) is 1.83. The number of anilines is 1. The van der Waals surface area contributed by atoms with Crippen LogP contribution in [0.15, 0.2) is 18.2 Å². The molecule has 0 aliphatic rings. The smallest absolute Gasteiger partial charge is 0.146 e. The molecule has 0 aliphatic heterocycles. The molecule has 0 amide bonds. The van der Waals surface area contributed by atoms with Crippen LogP contribution in [0.1, 0.15) is 12.0 Å². The normalized spacial score (nSPS) is 10.1. The number of rotatable bonds is 4. The van der Waals surface area contributed by atoms with Gasteiger partial charge >= 0.3 is 0 Å². The van der Waals surface area contributed by atoms with Crippen LogP contribution in [0.2, 0.25) is 0 Å². The van der Waals surface area contributed by atoms with E-state index in [2.05, 4.69) is 5.32 Å². The van der Waals surface area contributed by atoms with Gasteiger partial charge in [0.05, 0.1) is 12.4 Å². The van der Waals surface area contributed by atoms with Crippen LogP contribution in [0.5, 0.6) is 0 Å². The average Bonchev–Trinajstić information content (AvgIpc) is 2.10. The standard InChI is InChI=1S/C10H13F2N/c1-8-4-2-5-9(12)10(8)13-7-3-6-11/h2,4-5,13H,3,6-7H2,1H3. The van der Waals surface area contributed by atoms with Gasteiger partial charge in [-0.25, -0.2) is 4.39 Å². The third-order valence-corrected chi connectivity index (χ3v) is 1.83. The summed E-state index contributed by atoms with van der Waals surface area (Å²) in [6.45, 7) is 1.92. The molecule has 72 valence electrons. The highest BCUT2D eigenvalue weighted by atomic mass is 19.1. The molecule has 0 atom stereocenters. The number of hydrogen-bond acceptors (Lipinski definition) is 1. The molecule has 1 aromatic rings. The quantitative estimate of drug-likeness (QED) is 0.711. The number of para-hydroxylation sites is 1. The highest BCUT2D eigenvalue weighted by Crippen LogP contribution is 2.18. The van der Waals surface area contributed by atoms with Crippen molar-refractivity contribution in [3.05, 3.63) is 29.6 Å². The molecule has 1 aromatic carbocycles. The first-order chi connectivity index (χ1) is 6.25. The molecule has 0 unspecified atom stereocenters. The maximum Gasteiger partial charge on any atom is 0.146 e. The SMILES string of the molecule is Cc1cccc(F)c1NCCCF. The fourth-order valence-electron chi connectivity index (χ4n) is 1.14. The first kappa shape index (κ1) is 9.96. The molecule has 0 heterocycles. The molecule has 0 saturated heterocycles. The summed E-state index contributed by atoms with van der Waals surface area (Å²) in [7, 11) is 0. The zero-order chi connectivity index (χ0) is 9.68. The number of benzene rings is 1. The predicted molar refractivity (Wildman–Crippen MR) is 50.2 cm³/mol. The van der Waals surface area contributed by atoms with Crippen molar-refractivity contribution in [1.29, 1.82) is 0 Å². The van der Waals surface area contributed by atoms with Crippen molar-refractivity contribution in [3.63, 3.8) is 0 Å². The van der Waals surface area contributed by atoms with Gasteiger partial charge in [0.25, 0.3) is 0 Å². The Balaban J connectivity index is 2.64. The Morgan fingerprint density at radius 2 is 2.15 bits per heavy atom. The second-order valence-corrected chi connectivity index (χ2v) is 2.90. The third kappa shape index (κ3) is 2.68. The van der Waals surface area contributed by atoms with Crippen molar-refractivity contribution in [2.45, 2.75) is 13.3 Å². The summed E-state index contributed by atoms with van der Waals surface area (Å²) >= 11 is 0. The van der Waals surface area contributed by atoms with Crippen LogP contribution < -0.4 is 5.32 Å². The molecule has 3 heteroatoms. The molecule has 1 N–H and O–H groups in total. The average molecular weight is 185 g/mol. The topological polar surface area (TPSA) is 12.0 Å². The van der Waals surface area contributed by atoms with Crippen LogP contribution in [0, 0.1) is 12.7 Å². The first-order valence-corrected chi connectivity index (χ1v) is 4.30. The Morgan fingerprint density at radius 1 is 1.38 bits per heavy atom. The van der Waals surface area contributed by atoms with Crippen LogP contribution >= 0.6 is 0 Å². The van der Waals surface area contributed by atoms with E-state index in [1.165, 1.54) is 6.07 Å². The number of hydrogen-bond donors (Lipinski definition) is 1. The summed E-state index contributed by atoms with van der Waals surface area (Å²) in [5, 5.41) is 2.87. The van der Waals surface area contributed by atoms with Crippen LogP contribution in [-0.4, -0.2) is 13.2 Å². The van der Waals surface area contributed by atoms with E-state index in [0.717, 1.165) is 5.56 Å². The van der Waals surface area contributed by atoms with Gasteiger partial charge in [-0.05, 0) is 25.0 Å². The van der Waals surface area contributed by atoms with Gasteiger partial charge in [0.2, 0.25) is 0 Å². The second kappa shape index (κ2) is 4.80. The molecule has 0 aliphatic carbocycles. The summed E-state index contributed by atoms with van der Waals surface area (Å²) in [5.74, 6) is -0.279. The Kier molecular flexibility index (Phi) is 3.68. The molecular weight excluding hydrogens is 172 g/mol. The summed E-state index contributed by atoms with van der Waals surface area (Å²) in [4.78, 5) is 0. The molecule has 0 aromatic heterocycles. The minimum absolute atomic E-state index is 0.279. The highest BCUT2D eigenvalue weighted by Gasteiger charge is 2.02. The van der Waals surface area contributed by atoms with Gasteiger partial charge in [-0.2, -0.15) is 0 Å². The van der Waals surface area contributed by atoms with E-state index in [-0.39, 0.29) is 12.5 Å². The van der Waals surface area contributed by atoms with E-state index < -0.39 is 0 Å². The van der Waals surface area contributed by atoms with E-state index in [1.807, 2.05) is 13.0 Å². The Bertz CT molecular complexity index is 253. The monoisotopic (exact) mass is 185 g/mol. The van der Waals surface area contributed by atoms with E-state index in [9.17, 15) is 8.78 Å². The van der Waals surface area contributed by atoms with Gasteiger partial charge in [-0.15, -0.1) is 0 Å². The molecule has 13 heavy (non-hydrogen) atoms. The van der Waals surface area contributed by atoms with Crippen molar-refractivity contribution >= 4 is 5.69 Å². The minimum Gasteiger partial charge on any atom is -0.382 e. The summed E-state index contributed by atoms with van der Waals surface area (Å²) < 4.78 is 24.9. The molecule has 0 radical (unpaired) electrons. The molecule has 1 rings (SSSR count). The number of alkyl halides is 1. The lowest BCUT2D eigenvalue weighted by Gasteiger charge is -2.08. The Morgan fingerprint density at radius 3 is 2.77 bits per heavy atom. The van der Waals surface area contributed by atoms with E-state index >= 15 is 0 Å². The molecular formula is C10H13F2N. The summed E-state index contributed by atoms with van der Waals surface area (Å²) in [6, 6.07) is 4.87. The fourth-order valence-corrected chi connectivity index (χ4v) is 1.14. The van der Waals surface area contributed by atoms with Gasteiger partial charge in [0, 0.05) is 6.54 Å². The van der Waals surface area contributed by atoms with Crippen molar-refractivity contribution in [3.8, 4) is 0 Å². The predicted octanol–water partition coefficient (Wildman–Crippen LogP) is 2.91. The van der Waals surface area contributed by atoms with E-state index in [1.54, 1.807) is 6.07 Å². The lowest BCUT2D eigenvalue weighted by atomic mass is 10.2. The molecule has 1 nitrogen and oxygen atoms in total. The second-order valence-electron chi connectivity index (χ2n) is 2.90. The summed E-state index contributed by atoms with van der Waals surface area (Å²) in [5.41, 5.74) is 1.33. The number of aryl methyl sites for hydroxylation is 1. The largest absolute Gasteiger partial charge is 0.382 e. The van der Waals surface area contributed by atoms with E-state index in [0.29, 0.717) is 18.7 Å². The Hall–Kier alpha value is -1.12. The highest BCUT2D eigenvalue weighted by molar-refractivity contribution is 5.51. The van der Waals surface area contributed by atoms with Crippen LogP contribution in [0.4, 0.5) is 14.5 Å². The van der Waals surface area contributed by atoms with Crippen molar-refractivity contribution < 1.29 is 8.78 Å². The Labute approximate surface area is 76.8 Å². The molecule has 0 spiro atoms. The van der Waals surface area contributed by atoms with Gasteiger partial charge < -0.3 is 5.32 Å². The van der Waals surface area contributed by atoms with Crippen molar-refractivity contribution in [1.82, 2.24) is 0 Å². The summed E-state index contributed by atoms with van der Waals surface area (Å²) in [6.07, 6.45) is 0.410. The molecule has 0 bridgehead atoms. The van der Waals surface area contributed by atoms with Crippen LogP contribution in [0.3, 0.4) is 0 Å². The van der Waals surface area contributed by atoms with Gasteiger partial charge in [-0.1, -0.05) is 12.1 Å². The van der Waals surface area contributed by atoms with E-state index in [4.69, 9.17) is 0 Å². The fraction of sp³-hybridized carbons (Fsp3) is 0.400.